The molecule has 1 saturated carbocycles. The van der Waals surface area contributed by atoms with Crippen LogP contribution in [0.5, 0.6) is 0 Å². The molecule has 7 aromatic carbocycles. The lowest BCUT2D eigenvalue weighted by atomic mass is 9.33. The third-order valence-electron chi connectivity index (χ3n) is 24.3. The van der Waals surface area contributed by atoms with Crippen molar-refractivity contribution in [3.05, 3.63) is 159 Å². The summed E-state index contributed by atoms with van der Waals surface area (Å²) in [5.41, 5.74) is 28.4. The van der Waals surface area contributed by atoms with Crippen molar-refractivity contribution in [3.63, 3.8) is 0 Å². The highest BCUT2D eigenvalue weighted by molar-refractivity contribution is 7.26. The summed E-state index contributed by atoms with van der Waals surface area (Å²) in [4.78, 5) is 8.54. The van der Waals surface area contributed by atoms with E-state index in [0.717, 1.165) is 6.42 Å². The van der Waals surface area contributed by atoms with Gasteiger partial charge in [-0.2, -0.15) is 0 Å². The molecule has 8 aromatic rings. The zero-order valence-corrected chi connectivity index (χ0v) is 55.1. The molecule has 432 valence electrons. The van der Waals surface area contributed by atoms with Gasteiger partial charge < -0.3 is 14.7 Å². The van der Waals surface area contributed by atoms with Gasteiger partial charge in [-0.15, -0.1) is 11.3 Å². The summed E-state index contributed by atoms with van der Waals surface area (Å²) in [5, 5.41) is 2.73. The highest BCUT2D eigenvalue weighted by Crippen LogP contribution is 2.63. The second-order valence-electron chi connectivity index (χ2n) is 33.3. The Labute approximate surface area is 508 Å². The molecule has 0 saturated heterocycles. The van der Waals surface area contributed by atoms with Gasteiger partial charge in [0.1, 0.15) is 0 Å². The minimum atomic E-state index is -0.157. The van der Waals surface area contributed by atoms with Crippen LogP contribution in [0.3, 0.4) is 0 Å². The van der Waals surface area contributed by atoms with E-state index >= 15 is 0 Å². The van der Waals surface area contributed by atoms with E-state index in [-0.39, 0.29) is 55.6 Å². The predicted octanol–water partition coefficient (Wildman–Crippen LogP) is 20.5. The molecule has 2 atom stereocenters. The Kier molecular flexibility index (Phi) is 11.3. The van der Waals surface area contributed by atoms with Crippen LogP contribution in [0.4, 0.5) is 45.5 Å². The standard InChI is InChI=1S/C79H92BN3S/c1-47-37-54-57(76(13,14)35-33-73(54,7)8)44-63(47)82-65-46-69-52(51-23-19-20-24-68(51)84-69)42-60(65)80-61-43-56-58(77(15,16)36-34-75(56,11)12)45-64(61)81(49-26-27-53-55(39-49)74(9,10)32-31-72(53,5)6)66-40-50(41-67(82)70(66)80)83-62-28-25-48(71(2,3)4)38-59(62)78(17)29-21-22-30-79(78,83)18/h19-20,23-28,37-46H,21-22,29-36H2,1-18H3. The van der Waals surface area contributed by atoms with Crippen LogP contribution in [0.1, 0.15) is 232 Å². The van der Waals surface area contributed by atoms with Crippen molar-refractivity contribution >= 4 is 100 Å². The van der Waals surface area contributed by atoms with Gasteiger partial charge in [0.25, 0.3) is 6.71 Å². The molecule has 4 aliphatic carbocycles. The Morgan fingerprint density at radius 2 is 0.940 bits per heavy atom. The first kappa shape index (κ1) is 54.8. The number of nitrogens with zero attached hydrogens (tertiary/aromatic N) is 3. The van der Waals surface area contributed by atoms with E-state index < -0.39 is 0 Å². The maximum Gasteiger partial charge on any atom is 0.252 e. The maximum absolute atomic E-state index is 2.90. The molecule has 7 aliphatic rings. The lowest BCUT2D eigenvalue weighted by molar-refractivity contribution is 0.195. The topological polar surface area (TPSA) is 9.72 Å². The molecular weight excluding hydrogens is 1030 g/mol. The van der Waals surface area contributed by atoms with Crippen LogP contribution in [0, 0.1) is 6.92 Å². The van der Waals surface area contributed by atoms with Gasteiger partial charge in [0.05, 0.1) is 5.54 Å². The van der Waals surface area contributed by atoms with Gasteiger partial charge >= 0.3 is 0 Å². The van der Waals surface area contributed by atoms with Crippen molar-refractivity contribution in [3.8, 4) is 0 Å². The monoisotopic (exact) mass is 1130 g/mol. The number of fused-ring (bicyclic) bond motifs is 13. The molecular formula is C79H92BN3S. The van der Waals surface area contributed by atoms with Crippen molar-refractivity contribution in [2.45, 2.75) is 238 Å². The van der Waals surface area contributed by atoms with Gasteiger partial charge in [-0.3, -0.25) is 0 Å². The number of benzene rings is 7. The molecule has 0 radical (unpaired) electrons. The van der Waals surface area contributed by atoms with E-state index in [2.05, 4.69) is 249 Å². The van der Waals surface area contributed by atoms with Gasteiger partial charge in [-0.1, -0.05) is 178 Å². The largest absolute Gasteiger partial charge is 0.334 e. The number of aryl methyl sites for hydroxylation is 1. The van der Waals surface area contributed by atoms with Gasteiger partial charge in [0, 0.05) is 65.7 Å². The van der Waals surface area contributed by atoms with Gasteiger partial charge in [0.2, 0.25) is 0 Å². The summed E-state index contributed by atoms with van der Waals surface area (Å²) in [6, 6.07) is 46.2. The third-order valence-corrected chi connectivity index (χ3v) is 25.4. The van der Waals surface area contributed by atoms with Gasteiger partial charge in [0.15, 0.2) is 0 Å². The average Bonchev–Trinajstić information content (AvgIpc) is 2.45. The predicted molar refractivity (Wildman–Crippen MR) is 365 cm³/mol. The zero-order valence-electron chi connectivity index (χ0n) is 54.3. The number of thiophene rings is 1. The number of rotatable bonds is 3. The SMILES string of the molecule is Cc1cc2c(cc1N1c3cc4sc5ccccc5c4cc3B3c4cc5c(cc4N(c4ccc6c(c4)C(C)(C)CCC6(C)C)c4cc(N6c7ccc(C(C)(C)C)cc7C7(C)CCCCC67C)cc1c43)C(C)(C)CCC5(C)C)C(C)(C)CCC2(C)C. The molecule has 84 heavy (non-hydrogen) atoms. The lowest BCUT2D eigenvalue weighted by Crippen LogP contribution is -2.62. The van der Waals surface area contributed by atoms with Crippen molar-refractivity contribution < 1.29 is 0 Å². The lowest BCUT2D eigenvalue weighted by Gasteiger charge is -2.51. The average molecular weight is 1130 g/mol. The molecule has 0 spiro atoms. The van der Waals surface area contributed by atoms with E-state index in [0.29, 0.717) is 0 Å². The second-order valence-corrected chi connectivity index (χ2v) is 34.4. The first-order valence-corrected chi connectivity index (χ1v) is 33.4. The van der Waals surface area contributed by atoms with Gasteiger partial charge in [-0.05, 0) is 230 Å². The van der Waals surface area contributed by atoms with Crippen LogP contribution in [-0.4, -0.2) is 12.3 Å². The summed E-state index contributed by atoms with van der Waals surface area (Å²) in [5.74, 6) is 0. The summed E-state index contributed by atoms with van der Waals surface area (Å²) in [7, 11) is 0. The summed E-state index contributed by atoms with van der Waals surface area (Å²) in [6.45, 7) is 45.0. The molecule has 1 fully saturated rings. The number of hydrogen-bond donors (Lipinski definition) is 0. The van der Waals surface area contributed by atoms with Crippen LogP contribution in [0.25, 0.3) is 20.2 Å². The van der Waals surface area contributed by atoms with Crippen LogP contribution >= 0.6 is 11.3 Å². The van der Waals surface area contributed by atoms with Crippen molar-refractivity contribution in [1.82, 2.24) is 0 Å². The Bertz CT molecular complexity index is 4170. The fraction of sp³-hybridized carbons (Fsp3) is 0.468. The third kappa shape index (κ3) is 7.47. The first-order chi connectivity index (χ1) is 39.4. The molecule has 3 aliphatic heterocycles. The molecule has 0 amide bonds. The fourth-order valence-corrected chi connectivity index (χ4v) is 19.3. The quantitative estimate of drug-likeness (QED) is 0.163. The van der Waals surface area contributed by atoms with E-state index in [9.17, 15) is 0 Å². The zero-order chi connectivity index (χ0) is 59.2. The van der Waals surface area contributed by atoms with Crippen molar-refractivity contribution in [2.24, 2.45) is 0 Å². The fourth-order valence-electron chi connectivity index (χ4n) is 18.2. The first-order valence-electron chi connectivity index (χ1n) is 32.5. The van der Waals surface area contributed by atoms with Crippen molar-refractivity contribution in [2.75, 3.05) is 14.7 Å². The molecule has 1 aromatic heterocycles. The van der Waals surface area contributed by atoms with Crippen molar-refractivity contribution in [1.29, 1.82) is 0 Å². The number of anilines is 8. The minimum Gasteiger partial charge on any atom is -0.334 e. The van der Waals surface area contributed by atoms with E-state index in [1.54, 1.807) is 0 Å². The van der Waals surface area contributed by atoms with Crippen LogP contribution < -0.4 is 31.1 Å². The molecule has 2 unspecified atom stereocenters. The molecule has 0 bridgehead atoms. The maximum atomic E-state index is 2.90. The summed E-state index contributed by atoms with van der Waals surface area (Å²) in [6.07, 6.45) is 11.9. The summed E-state index contributed by atoms with van der Waals surface area (Å²) >= 11 is 1.96. The minimum absolute atomic E-state index is 0.0151. The smallest absolute Gasteiger partial charge is 0.252 e. The molecule has 5 heteroatoms. The summed E-state index contributed by atoms with van der Waals surface area (Å²) < 4.78 is 2.71. The molecule has 3 nitrogen and oxygen atoms in total. The number of hydrogen-bond acceptors (Lipinski definition) is 4. The molecule has 4 heterocycles. The van der Waals surface area contributed by atoms with Crippen LogP contribution in [-0.2, 0) is 43.3 Å². The van der Waals surface area contributed by atoms with E-state index in [1.165, 1.54) is 190 Å². The molecule has 15 rings (SSSR count). The Balaban J connectivity index is 1.12. The second kappa shape index (κ2) is 17.3. The van der Waals surface area contributed by atoms with Crippen LogP contribution in [0.2, 0.25) is 0 Å². The Morgan fingerprint density at radius 1 is 0.405 bits per heavy atom. The Morgan fingerprint density at radius 3 is 1.58 bits per heavy atom. The van der Waals surface area contributed by atoms with Gasteiger partial charge in [-0.25, -0.2) is 0 Å². The normalized spacial score (nSPS) is 24.2. The highest BCUT2D eigenvalue weighted by Gasteiger charge is 2.59. The van der Waals surface area contributed by atoms with Crippen LogP contribution in [0.15, 0.2) is 109 Å². The molecule has 0 N–H and O–H groups in total. The Hall–Kier alpha value is -5.78. The van der Waals surface area contributed by atoms with E-state index in [4.69, 9.17) is 0 Å². The highest BCUT2D eigenvalue weighted by atomic mass is 32.1. The van der Waals surface area contributed by atoms with E-state index in [1.807, 2.05) is 11.3 Å².